The normalized spacial score (nSPS) is 14.1. The lowest BCUT2D eigenvalue weighted by atomic mass is 9.85. The number of fused-ring (bicyclic) bond motifs is 2. The zero-order valence-electron chi connectivity index (χ0n) is 34.1. The summed E-state index contributed by atoms with van der Waals surface area (Å²) in [5.41, 5.74) is 3.57. The van der Waals surface area contributed by atoms with Crippen molar-refractivity contribution >= 4 is 41.6 Å². The van der Waals surface area contributed by atoms with Gasteiger partial charge >= 0.3 is 30.0 Å². The van der Waals surface area contributed by atoms with Crippen molar-refractivity contribution in [2.24, 2.45) is 5.73 Å². The van der Waals surface area contributed by atoms with Crippen LogP contribution >= 0.6 is 0 Å². The fraction of sp³-hybridized carbons (Fsp3) is 0.561. The molecule has 0 aromatic heterocycles. The van der Waals surface area contributed by atoms with Gasteiger partial charge in [-0.3, -0.25) is 24.5 Å². The second kappa shape index (κ2) is 17.1. The Hall–Kier alpha value is -5.14. The average molecular weight is 769 g/mol. The van der Waals surface area contributed by atoms with Crippen molar-refractivity contribution < 1.29 is 57.2 Å². The summed E-state index contributed by atoms with van der Waals surface area (Å²) in [5.74, 6) is -5.85. The summed E-state index contributed by atoms with van der Waals surface area (Å²) in [4.78, 5) is 80.2. The SMILES string of the molecule is CC(C)(C)OC(=O)CCc1c([C@H](CC(=O)OC(C)(C)C)C(=O)OC(C)(C)C)cc2c(c1C(N)=O)OCCCc1cc(NC(=O)OC(C)(C)C)ccc1C(=O)O2. The molecule has 0 saturated carbocycles. The van der Waals surface area contributed by atoms with E-state index in [1.807, 2.05) is 0 Å². The quantitative estimate of drug-likeness (QED) is 0.149. The van der Waals surface area contributed by atoms with Gasteiger partial charge in [-0.2, -0.15) is 0 Å². The van der Waals surface area contributed by atoms with Gasteiger partial charge in [-0.15, -0.1) is 0 Å². The number of hydrogen-bond acceptors (Lipinski definition) is 12. The Bertz CT molecular complexity index is 1800. The number of nitrogens with one attached hydrogen (secondary N) is 1. The van der Waals surface area contributed by atoms with Crippen molar-refractivity contribution in [1.29, 1.82) is 0 Å². The molecule has 0 radical (unpaired) electrons. The largest absolute Gasteiger partial charge is 0.489 e. The lowest BCUT2D eigenvalue weighted by Gasteiger charge is -2.28. The van der Waals surface area contributed by atoms with Crippen molar-refractivity contribution in [3.8, 4) is 11.5 Å². The lowest BCUT2D eigenvalue weighted by Crippen LogP contribution is -2.32. The van der Waals surface area contributed by atoms with Crippen molar-refractivity contribution in [3.05, 3.63) is 52.1 Å². The Balaban J connectivity index is 2.26. The van der Waals surface area contributed by atoms with Crippen molar-refractivity contribution in [2.75, 3.05) is 11.9 Å². The summed E-state index contributed by atoms with van der Waals surface area (Å²) in [7, 11) is 0. The molecule has 2 amide bonds. The topological polar surface area (TPSA) is 196 Å². The zero-order chi connectivity index (χ0) is 41.7. The number of nitrogens with two attached hydrogens (primary N) is 1. The summed E-state index contributed by atoms with van der Waals surface area (Å²) in [6.45, 7) is 20.3. The minimum atomic E-state index is -1.41. The summed E-state index contributed by atoms with van der Waals surface area (Å²) in [6.07, 6.45) is -0.960. The van der Waals surface area contributed by atoms with Gasteiger partial charge in [0.15, 0.2) is 11.5 Å². The maximum Gasteiger partial charge on any atom is 0.412 e. The Labute approximate surface area is 323 Å². The predicted molar refractivity (Wildman–Crippen MR) is 203 cm³/mol. The number of anilines is 1. The molecule has 1 atom stereocenters. The van der Waals surface area contributed by atoms with E-state index in [1.54, 1.807) is 89.2 Å². The predicted octanol–water partition coefficient (Wildman–Crippen LogP) is 7.11. The van der Waals surface area contributed by atoms with E-state index in [9.17, 15) is 28.8 Å². The molecule has 3 N–H and O–H groups in total. The maximum atomic E-state index is 14.0. The molecule has 0 fully saturated rings. The van der Waals surface area contributed by atoms with Crippen LogP contribution in [-0.2, 0) is 46.2 Å². The molecular weight excluding hydrogens is 712 g/mol. The van der Waals surface area contributed by atoms with Gasteiger partial charge in [0, 0.05) is 12.1 Å². The van der Waals surface area contributed by atoms with Crippen LogP contribution < -0.4 is 20.5 Å². The summed E-state index contributed by atoms with van der Waals surface area (Å²) in [6, 6.07) is 5.97. The van der Waals surface area contributed by atoms with E-state index < -0.39 is 70.6 Å². The number of hydrogen-bond donors (Lipinski definition) is 2. The van der Waals surface area contributed by atoms with Crippen LogP contribution in [0.2, 0.25) is 0 Å². The number of carbonyl (C=O) groups is 6. The van der Waals surface area contributed by atoms with E-state index in [4.69, 9.17) is 34.2 Å². The number of ether oxygens (including phenoxy) is 6. The number of esters is 4. The monoisotopic (exact) mass is 768 g/mol. The first kappa shape index (κ1) is 44.3. The molecule has 0 spiro atoms. The number of rotatable bonds is 9. The second-order valence-corrected chi connectivity index (χ2v) is 17.3. The number of benzene rings is 2. The van der Waals surface area contributed by atoms with Gasteiger partial charge in [0.2, 0.25) is 0 Å². The molecule has 3 rings (SSSR count). The van der Waals surface area contributed by atoms with Gasteiger partial charge in [-0.25, -0.2) is 9.59 Å². The van der Waals surface area contributed by atoms with E-state index >= 15 is 0 Å². The van der Waals surface area contributed by atoms with E-state index in [0.29, 0.717) is 24.1 Å². The summed E-state index contributed by atoms with van der Waals surface area (Å²) >= 11 is 0. The highest BCUT2D eigenvalue weighted by atomic mass is 16.6. The van der Waals surface area contributed by atoms with Gasteiger partial charge in [0.05, 0.1) is 30.1 Å². The van der Waals surface area contributed by atoms with Gasteiger partial charge in [-0.05, 0) is 143 Å². The van der Waals surface area contributed by atoms with Crippen LogP contribution in [0.1, 0.15) is 146 Å². The molecule has 0 unspecified atom stereocenters. The first-order chi connectivity index (χ1) is 25.1. The average Bonchev–Trinajstić information content (AvgIpc) is 2.97. The minimum Gasteiger partial charge on any atom is -0.489 e. The molecule has 1 aliphatic rings. The standard InChI is InChI=1S/C41H56N2O12/c1-38(2,3)52-30(44)18-17-26-27(28(36(48)54-40(7,8)9)22-31(45)53-39(4,5)6)21-29-33(32(26)34(42)46)50-19-13-14-23-20-24(15-16-25(23)35(47)51-29)43-37(49)55-41(10,11)12/h15-16,20-21,28H,13-14,17-19,22H2,1-12H3,(H2,42,46)(H,43,49)/t28-/m0/s1. The molecule has 0 bridgehead atoms. The highest BCUT2D eigenvalue weighted by Gasteiger charge is 2.37. The van der Waals surface area contributed by atoms with Gasteiger partial charge in [-0.1, -0.05) is 0 Å². The van der Waals surface area contributed by atoms with E-state index in [0.717, 1.165) is 0 Å². The summed E-state index contributed by atoms with van der Waals surface area (Å²) in [5, 5.41) is 2.67. The fourth-order valence-corrected chi connectivity index (χ4v) is 5.71. The second-order valence-electron chi connectivity index (χ2n) is 17.3. The molecule has 14 heteroatoms. The molecule has 14 nitrogen and oxygen atoms in total. The lowest BCUT2D eigenvalue weighted by molar-refractivity contribution is -0.164. The number of carbonyl (C=O) groups excluding carboxylic acids is 6. The third kappa shape index (κ3) is 13.9. The van der Waals surface area contributed by atoms with Crippen molar-refractivity contribution in [1.82, 2.24) is 0 Å². The Kier molecular flexibility index (Phi) is 13.8. The van der Waals surface area contributed by atoms with Crippen LogP contribution in [0.15, 0.2) is 24.3 Å². The van der Waals surface area contributed by atoms with Gasteiger partial charge in [0.1, 0.15) is 22.4 Å². The number of amides is 2. The highest BCUT2D eigenvalue weighted by Crippen LogP contribution is 2.42. The van der Waals surface area contributed by atoms with E-state index in [1.165, 1.54) is 18.2 Å². The van der Waals surface area contributed by atoms with Crippen LogP contribution in [0.25, 0.3) is 0 Å². The zero-order valence-corrected chi connectivity index (χ0v) is 34.1. The smallest absolute Gasteiger partial charge is 0.412 e. The minimum absolute atomic E-state index is 0.0201. The number of aryl methyl sites for hydroxylation is 1. The molecule has 2 aromatic carbocycles. The third-order valence-electron chi connectivity index (χ3n) is 7.50. The van der Waals surface area contributed by atoms with Crippen LogP contribution in [0.4, 0.5) is 10.5 Å². The summed E-state index contributed by atoms with van der Waals surface area (Å²) < 4.78 is 34.3. The molecule has 0 aliphatic carbocycles. The third-order valence-corrected chi connectivity index (χ3v) is 7.50. The fourth-order valence-electron chi connectivity index (χ4n) is 5.71. The Morgan fingerprint density at radius 3 is 1.95 bits per heavy atom. The van der Waals surface area contributed by atoms with Crippen LogP contribution in [-0.4, -0.2) is 64.9 Å². The molecule has 2 aromatic rings. The van der Waals surface area contributed by atoms with Crippen molar-refractivity contribution in [3.63, 3.8) is 0 Å². The molecular formula is C41H56N2O12. The highest BCUT2D eigenvalue weighted by molar-refractivity contribution is 6.01. The first-order valence-electron chi connectivity index (χ1n) is 18.3. The Morgan fingerprint density at radius 2 is 1.38 bits per heavy atom. The Morgan fingerprint density at radius 1 is 0.800 bits per heavy atom. The van der Waals surface area contributed by atoms with E-state index in [-0.39, 0.29) is 53.2 Å². The molecule has 0 saturated heterocycles. The van der Waals surface area contributed by atoms with Crippen LogP contribution in [0.3, 0.4) is 0 Å². The van der Waals surface area contributed by atoms with Crippen LogP contribution in [0.5, 0.6) is 11.5 Å². The van der Waals surface area contributed by atoms with Gasteiger partial charge in [0.25, 0.3) is 5.91 Å². The maximum absolute atomic E-state index is 14.0. The van der Waals surface area contributed by atoms with E-state index in [2.05, 4.69) is 5.32 Å². The molecule has 1 aliphatic heterocycles. The van der Waals surface area contributed by atoms with Crippen LogP contribution in [0, 0.1) is 0 Å². The van der Waals surface area contributed by atoms with Crippen molar-refractivity contribution in [2.45, 2.75) is 144 Å². The molecule has 55 heavy (non-hydrogen) atoms. The molecule has 302 valence electrons. The first-order valence-corrected chi connectivity index (χ1v) is 18.3. The number of primary amides is 1. The molecule has 1 heterocycles. The van der Waals surface area contributed by atoms with Gasteiger partial charge < -0.3 is 34.2 Å².